The third-order valence-corrected chi connectivity index (χ3v) is 5.35. The number of allylic oxidation sites excluding steroid dienone is 2. The van der Waals surface area contributed by atoms with Gasteiger partial charge in [-0.3, -0.25) is 13.9 Å². The summed E-state index contributed by atoms with van der Waals surface area (Å²) in [6, 6.07) is 0.265. The van der Waals surface area contributed by atoms with Gasteiger partial charge in [0.15, 0.2) is 11.2 Å². The average Bonchev–Trinajstić information content (AvgIpc) is 3.19. The molecule has 8 nitrogen and oxygen atoms in total. The molecule has 2 atom stereocenters. The highest BCUT2D eigenvalue weighted by Gasteiger charge is 2.31. The fourth-order valence-electron chi connectivity index (χ4n) is 3.75. The van der Waals surface area contributed by atoms with Gasteiger partial charge in [-0.25, -0.2) is 4.79 Å². The maximum atomic E-state index is 12.8. The summed E-state index contributed by atoms with van der Waals surface area (Å²) in [6.45, 7) is 4.56. The maximum absolute atomic E-state index is 12.8. The molecule has 2 aromatic heterocycles. The van der Waals surface area contributed by atoms with Gasteiger partial charge in [-0.2, -0.15) is 4.98 Å². The maximum Gasteiger partial charge on any atom is 0.332 e. The lowest BCUT2D eigenvalue weighted by atomic mass is 10.2. The van der Waals surface area contributed by atoms with Gasteiger partial charge in [0.2, 0.25) is 5.95 Å². The number of anilines is 1. The first kappa shape index (κ1) is 18.4. The van der Waals surface area contributed by atoms with E-state index in [2.05, 4.69) is 16.0 Å². The number of fused-ring (bicyclic) bond motifs is 1. The van der Waals surface area contributed by atoms with Crippen LogP contribution in [0.25, 0.3) is 11.2 Å². The normalized spacial score (nSPS) is 19.9. The number of hydrogen-bond donors (Lipinski definition) is 1. The number of rotatable bonds is 4. The summed E-state index contributed by atoms with van der Waals surface area (Å²) >= 11 is 0. The van der Waals surface area contributed by atoms with Gasteiger partial charge in [0.1, 0.15) is 0 Å². The molecule has 8 heteroatoms. The molecular formula is C18H28N6O2. The van der Waals surface area contributed by atoms with Crippen molar-refractivity contribution in [3.8, 4) is 0 Å². The van der Waals surface area contributed by atoms with Gasteiger partial charge in [-0.05, 0) is 33.1 Å². The molecule has 142 valence electrons. The predicted octanol–water partition coefficient (Wildman–Crippen LogP) is 0.716. The first-order valence-corrected chi connectivity index (χ1v) is 9.02. The number of aromatic nitrogens is 4. The highest BCUT2D eigenvalue weighted by Crippen LogP contribution is 2.27. The zero-order valence-electron chi connectivity index (χ0n) is 16.2. The van der Waals surface area contributed by atoms with Crippen LogP contribution in [0.5, 0.6) is 0 Å². The van der Waals surface area contributed by atoms with Crippen molar-refractivity contribution in [2.45, 2.75) is 51.7 Å². The Morgan fingerprint density at radius 2 is 1.96 bits per heavy atom. The van der Waals surface area contributed by atoms with Crippen LogP contribution in [-0.2, 0) is 20.6 Å². The van der Waals surface area contributed by atoms with Gasteiger partial charge in [-0.15, -0.1) is 0 Å². The average molecular weight is 360 g/mol. The fourth-order valence-corrected chi connectivity index (χ4v) is 3.75. The van der Waals surface area contributed by atoms with Crippen molar-refractivity contribution in [3.05, 3.63) is 32.5 Å². The minimum absolute atomic E-state index is 0.0865. The molecular weight excluding hydrogens is 332 g/mol. The van der Waals surface area contributed by atoms with E-state index in [1.807, 2.05) is 25.5 Å². The molecule has 0 aromatic carbocycles. The number of aryl methyl sites for hydroxylation is 1. The van der Waals surface area contributed by atoms with Crippen LogP contribution in [-0.4, -0.2) is 37.8 Å². The van der Waals surface area contributed by atoms with Crippen molar-refractivity contribution < 1.29 is 0 Å². The lowest BCUT2D eigenvalue weighted by Crippen LogP contribution is -2.43. The van der Waals surface area contributed by atoms with Gasteiger partial charge in [0.05, 0.1) is 0 Å². The van der Waals surface area contributed by atoms with E-state index in [0.717, 1.165) is 29.4 Å². The van der Waals surface area contributed by atoms with E-state index in [9.17, 15) is 9.59 Å². The van der Waals surface area contributed by atoms with Crippen LogP contribution in [0.2, 0.25) is 0 Å². The molecule has 3 rings (SSSR count). The Hall–Kier alpha value is -2.35. The zero-order valence-corrected chi connectivity index (χ0v) is 16.2. The van der Waals surface area contributed by atoms with E-state index < -0.39 is 0 Å². The highest BCUT2D eigenvalue weighted by molar-refractivity contribution is 5.74. The van der Waals surface area contributed by atoms with Crippen LogP contribution in [0.15, 0.2) is 21.2 Å². The lowest BCUT2D eigenvalue weighted by Gasteiger charge is -2.29. The zero-order chi connectivity index (χ0) is 19.2. The molecule has 1 aliphatic rings. The Labute approximate surface area is 152 Å². The topological polar surface area (TPSA) is 91.1 Å². The van der Waals surface area contributed by atoms with Crippen LogP contribution < -0.4 is 21.9 Å². The van der Waals surface area contributed by atoms with Gasteiger partial charge in [0, 0.05) is 39.8 Å². The van der Waals surface area contributed by atoms with E-state index in [1.165, 1.54) is 11.6 Å². The van der Waals surface area contributed by atoms with Crippen molar-refractivity contribution in [1.82, 2.24) is 18.7 Å². The van der Waals surface area contributed by atoms with Gasteiger partial charge < -0.3 is 15.2 Å². The second-order valence-electron chi connectivity index (χ2n) is 7.45. The van der Waals surface area contributed by atoms with E-state index >= 15 is 0 Å². The third kappa shape index (κ3) is 2.88. The van der Waals surface area contributed by atoms with Gasteiger partial charge in [-0.1, -0.05) is 11.6 Å². The number of hydrogen-bond acceptors (Lipinski definition) is 5. The Morgan fingerprint density at radius 1 is 1.27 bits per heavy atom. The highest BCUT2D eigenvalue weighted by atomic mass is 16.2. The van der Waals surface area contributed by atoms with Crippen molar-refractivity contribution in [2.24, 2.45) is 19.8 Å². The largest absolute Gasteiger partial charge is 0.341 e. The first-order valence-electron chi connectivity index (χ1n) is 9.02. The predicted molar refractivity (Wildman–Crippen MR) is 104 cm³/mol. The number of nitrogens with two attached hydrogens (primary N) is 1. The van der Waals surface area contributed by atoms with Crippen LogP contribution in [0, 0.1) is 0 Å². The molecule has 1 saturated carbocycles. The second kappa shape index (κ2) is 6.75. The van der Waals surface area contributed by atoms with E-state index in [4.69, 9.17) is 5.73 Å². The van der Waals surface area contributed by atoms with Crippen LogP contribution in [0.3, 0.4) is 0 Å². The minimum atomic E-state index is -0.374. The first-order chi connectivity index (χ1) is 12.2. The van der Waals surface area contributed by atoms with Crippen LogP contribution >= 0.6 is 0 Å². The standard InChI is InChI=1S/C18H28N6O2/c1-11(2)9-10-24-14-15(22(4)18(26)23(5)16(14)25)20-17(24)21(3)13-8-6-7-12(13)19/h9,12-13H,6-8,10,19H2,1-5H3. The lowest BCUT2D eigenvalue weighted by molar-refractivity contribution is 0.557. The molecule has 1 fully saturated rings. The van der Waals surface area contributed by atoms with Gasteiger partial charge >= 0.3 is 5.69 Å². The Bertz CT molecular complexity index is 976. The van der Waals surface area contributed by atoms with E-state index in [1.54, 1.807) is 7.05 Å². The van der Waals surface area contributed by atoms with E-state index in [0.29, 0.717) is 23.7 Å². The minimum Gasteiger partial charge on any atom is -0.341 e. The number of imidazole rings is 1. The molecule has 1 aliphatic carbocycles. The molecule has 2 aromatic rings. The van der Waals surface area contributed by atoms with Crippen LogP contribution in [0.1, 0.15) is 33.1 Å². The fraction of sp³-hybridized carbons (Fsp3) is 0.611. The van der Waals surface area contributed by atoms with Crippen molar-refractivity contribution >= 4 is 17.1 Å². The summed E-state index contributed by atoms with van der Waals surface area (Å²) in [5, 5.41) is 0. The summed E-state index contributed by atoms with van der Waals surface area (Å²) in [6.07, 6.45) is 5.13. The van der Waals surface area contributed by atoms with Crippen LogP contribution in [0.4, 0.5) is 5.95 Å². The number of likely N-dealkylation sites (N-methyl/N-ethyl adjacent to an activating group) is 1. The smallest absolute Gasteiger partial charge is 0.332 e. The molecule has 0 amide bonds. The third-order valence-electron chi connectivity index (χ3n) is 5.35. The molecule has 0 spiro atoms. The summed E-state index contributed by atoms with van der Waals surface area (Å²) in [4.78, 5) is 31.9. The molecule has 2 N–H and O–H groups in total. The van der Waals surface area contributed by atoms with Gasteiger partial charge in [0.25, 0.3) is 5.56 Å². The summed E-state index contributed by atoms with van der Waals surface area (Å²) in [5.74, 6) is 0.679. The monoisotopic (exact) mass is 360 g/mol. The molecule has 0 aliphatic heterocycles. The molecule has 0 saturated heterocycles. The molecule has 0 radical (unpaired) electrons. The molecule has 26 heavy (non-hydrogen) atoms. The Morgan fingerprint density at radius 3 is 2.54 bits per heavy atom. The second-order valence-corrected chi connectivity index (χ2v) is 7.45. The molecule has 0 bridgehead atoms. The summed E-state index contributed by atoms with van der Waals surface area (Å²) in [5.41, 5.74) is 7.59. The Balaban J connectivity index is 2.27. The summed E-state index contributed by atoms with van der Waals surface area (Å²) in [7, 11) is 5.12. The van der Waals surface area contributed by atoms with Crippen molar-refractivity contribution in [1.29, 1.82) is 0 Å². The Kier molecular flexibility index (Phi) is 4.79. The SMILES string of the molecule is CC(C)=CCn1c(N(C)C2CCCC2N)nc2c1c(=O)n(C)c(=O)n2C. The molecule has 2 heterocycles. The number of nitrogens with zero attached hydrogens (tertiary/aromatic N) is 5. The molecule has 2 unspecified atom stereocenters. The van der Waals surface area contributed by atoms with Crippen molar-refractivity contribution in [2.75, 3.05) is 11.9 Å². The van der Waals surface area contributed by atoms with E-state index in [-0.39, 0.29) is 23.3 Å². The van der Waals surface area contributed by atoms with Crippen molar-refractivity contribution in [3.63, 3.8) is 0 Å². The summed E-state index contributed by atoms with van der Waals surface area (Å²) < 4.78 is 4.46. The quantitative estimate of drug-likeness (QED) is 0.811.